The third kappa shape index (κ3) is 5.05. The molecule has 3 N–H and O–H groups in total. The van der Waals surface area contributed by atoms with Crippen molar-refractivity contribution in [2.24, 2.45) is 0 Å². The molecular weight excluding hydrogens is 452 g/mol. The van der Waals surface area contributed by atoms with Crippen LogP contribution in [0.2, 0.25) is 0 Å². The van der Waals surface area contributed by atoms with Crippen LogP contribution in [-0.4, -0.2) is 41.0 Å². The van der Waals surface area contributed by atoms with Gasteiger partial charge in [-0.3, -0.25) is 14.4 Å². The van der Waals surface area contributed by atoms with Gasteiger partial charge in [0.25, 0.3) is 11.5 Å². The predicted octanol–water partition coefficient (Wildman–Crippen LogP) is 2.63. The monoisotopic (exact) mass is 480 g/mol. The van der Waals surface area contributed by atoms with E-state index in [0.29, 0.717) is 30.9 Å². The van der Waals surface area contributed by atoms with Crippen LogP contribution in [0.4, 0.5) is 0 Å². The summed E-state index contributed by atoms with van der Waals surface area (Å²) in [5, 5.41) is 6.53. The molecular formula is C25H28N4O4S. The summed E-state index contributed by atoms with van der Waals surface area (Å²) in [4.78, 5) is 46.9. The fraction of sp³-hybridized carbons (Fsp3) is 0.440. The molecule has 1 aromatic carbocycles. The molecule has 1 aliphatic carbocycles. The number of rotatable bonds is 8. The lowest BCUT2D eigenvalue weighted by Crippen LogP contribution is -2.31. The second-order valence-electron chi connectivity index (χ2n) is 8.87. The van der Waals surface area contributed by atoms with Crippen LogP contribution in [0.3, 0.4) is 0 Å². The molecule has 34 heavy (non-hydrogen) atoms. The molecule has 3 aromatic rings. The Bertz CT molecular complexity index is 1280. The quantitative estimate of drug-likeness (QED) is 0.459. The maximum absolute atomic E-state index is 12.6. The van der Waals surface area contributed by atoms with Crippen molar-refractivity contribution in [1.29, 1.82) is 0 Å². The van der Waals surface area contributed by atoms with E-state index >= 15 is 0 Å². The fourth-order valence-electron chi connectivity index (χ4n) is 4.62. The van der Waals surface area contributed by atoms with Gasteiger partial charge >= 0.3 is 0 Å². The normalized spacial score (nSPS) is 17.1. The molecule has 8 nitrogen and oxygen atoms in total. The summed E-state index contributed by atoms with van der Waals surface area (Å²) in [5.74, 6) is 0.260. The Labute approximate surface area is 201 Å². The number of carbonyl (C=O) groups is 2. The van der Waals surface area contributed by atoms with Crippen molar-refractivity contribution in [3.8, 4) is 0 Å². The Balaban J connectivity index is 1.13. The van der Waals surface area contributed by atoms with Crippen LogP contribution < -0.4 is 16.2 Å². The molecule has 1 aliphatic heterocycles. The Morgan fingerprint density at radius 2 is 2.12 bits per heavy atom. The number of nitrogens with zero attached hydrogens (tertiary/aromatic N) is 1. The zero-order chi connectivity index (χ0) is 23.5. The van der Waals surface area contributed by atoms with Gasteiger partial charge in [0.15, 0.2) is 0 Å². The maximum Gasteiger partial charge on any atom is 0.259 e. The van der Waals surface area contributed by atoms with Gasteiger partial charge in [-0.25, -0.2) is 4.98 Å². The molecule has 3 heterocycles. The minimum absolute atomic E-state index is 0.0947. The van der Waals surface area contributed by atoms with Gasteiger partial charge in [0.05, 0.1) is 11.5 Å². The minimum atomic E-state index is -0.145. The summed E-state index contributed by atoms with van der Waals surface area (Å²) in [6.45, 7) is 1.59. The Morgan fingerprint density at radius 3 is 2.97 bits per heavy atom. The van der Waals surface area contributed by atoms with Crippen molar-refractivity contribution in [3.05, 3.63) is 62.0 Å². The third-order valence-electron chi connectivity index (χ3n) is 6.41. The van der Waals surface area contributed by atoms with Crippen molar-refractivity contribution < 1.29 is 14.3 Å². The number of amides is 2. The first-order valence-corrected chi connectivity index (χ1v) is 12.7. The Hall–Kier alpha value is -3.04. The van der Waals surface area contributed by atoms with E-state index < -0.39 is 0 Å². The zero-order valence-electron chi connectivity index (χ0n) is 18.9. The van der Waals surface area contributed by atoms with Crippen LogP contribution in [0.25, 0.3) is 10.2 Å². The number of thiophene rings is 1. The van der Waals surface area contributed by atoms with Crippen LogP contribution in [0.15, 0.2) is 29.1 Å². The van der Waals surface area contributed by atoms with Gasteiger partial charge < -0.3 is 20.4 Å². The van der Waals surface area contributed by atoms with E-state index in [9.17, 15) is 14.4 Å². The van der Waals surface area contributed by atoms with Crippen molar-refractivity contribution in [2.45, 2.75) is 57.6 Å². The van der Waals surface area contributed by atoms with Crippen molar-refractivity contribution in [2.75, 3.05) is 13.2 Å². The lowest BCUT2D eigenvalue weighted by atomic mass is 10.1. The maximum atomic E-state index is 12.6. The molecule has 9 heteroatoms. The van der Waals surface area contributed by atoms with E-state index in [1.165, 1.54) is 4.88 Å². The van der Waals surface area contributed by atoms with E-state index in [0.717, 1.165) is 60.1 Å². The van der Waals surface area contributed by atoms with Crippen molar-refractivity contribution in [1.82, 2.24) is 20.6 Å². The first-order chi connectivity index (χ1) is 16.6. The van der Waals surface area contributed by atoms with Gasteiger partial charge in [0, 0.05) is 43.0 Å². The molecule has 5 rings (SSSR count). The predicted molar refractivity (Wildman–Crippen MR) is 130 cm³/mol. The topological polar surface area (TPSA) is 113 Å². The fourth-order valence-corrected chi connectivity index (χ4v) is 5.90. The van der Waals surface area contributed by atoms with Gasteiger partial charge in [-0.15, -0.1) is 11.3 Å². The molecule has 178 valence electrons. The first kappa shape index (κ1) is 22.7. The second-order valence-corrected chi connectivity index (χ2v) is 9.96. The highest BCUT2D eigenvalue weighted by Crippen LogP contribution is 2.34. The van der Waals surface area contributed by atoms with Gasteiger partial charge in [0.1, 0.15) is 10.7 Å². The highest BCUT2D eigenvalue weighted by atomic mass is 32.1. The van der Waals surface area contributed by atoms with Gasteiger partial charge in [-0.05, 0) is 55.4 Å². The second kappa shape index (κ2) is 10.1. The van der Waals surface area contributed by atoms with Crippen molar-refractivity contribution in [3.63, 3.8) is 0 Å². The minimum Gasteiger partial charge on any atom is -0.376 e. The van der Waals surface area contributed by atoms with Crippen LogP contribution in [0.5, 0.6) is 0 Å². The molecule has 1 atom stereocenters. The number of hydrogen-bond acceptors (Lipinski definition) is 6. The third-order valence-corrected chi connectivity index (χ3v) is 7.59. The molecule has 1 fully saturated rings. The number of benzene rings is 1. The van der Waals surface area contributed by atoms with Gasteiger partial charge in [-0.2, -0.15) is 0 Å². The summed E-state index contributed by atoms with van der Waals surface area (Å²) in [5.41, 5.74) is 2.46. The van der Waals surface area contributed by atoms with Crippen LogP contribution >= 0.6 is 11.3 Å². The summed E-state index contributed by atoms with van der Waals surface area (Å²) < 4.78 is 5.54. The Morgan fingerprint density at radius 1 is 1.21 bits per heavy atom. The number of fused-ring (bicyclic) bond motifs is 3. The van der Waals surface area contributed by atoms with E-state index in [4.69, 9.17) is 4.74 Å². The van der Waals surface area contributed by atoms with Crippen LogP contribution in [0, 0.1) is 0 Å². The smallest absolute Gasteiger partial charge is 0.259 e. The van der Waals surface area contributed by atoms with E-state index in [2.05, 4.69) is 20.6 Å². The molecule has 0 radical (unpaired) electrons. The molecule has 0 saturated carbocycles. The molecule has 2 amide bonds. The molecule has 2 aliphatic rings. The van der Waals surface area contributed by atoms with E-state index in [-0.39, 0.29) is 29.9 Å². The SMILES string of the molecule is O=C(CCc1nc2sc3c(c2c(=O)[nH]1)CCC3)NCc1cccc(C(=O)NCC2CCCO2)c1. The lowest BCUT2D eigenvalue weighted by molar-refractivity contribution is -0.121. The lowest BCUT2D eigenvalue weighted by Gasteiger charge is -2.11. The van der Waals surface area contributed by atoms with E-state index in [1.54, 1.807) is 23.5 Å². The molecule has 2 aromatic heterocycles. The number of nitrogens with one attached hydrogen (secondary N) is 3. The number of aromatic amines is 1. The summed E-state index contributed by atoms with van der Waals surface area (Å²) >= 11 is 1.60. The molecule has 0 spiro atoms. The number of carbonyl (C=O) groups excluding carboxylic acids is 2. The molecule has 1 unspecified atom stereocenters. The average molecular weight is 481 g/mol. The van der Waals surface area contributed by atoms with Gasteiger partial charge in [0.2, 0.25) is 5.91 Å². The molecule has 0 bridgehead atoms. The van der Waals surface area contributed by atoms with Crippen molar-refractivity contribution >= 4 is 33.4 Å². The average Bonchev–Trinajstić information content (AvgIpc) is 3.58. The first-order valence-electron chi connectivity index (χ1n) is 11.9. The standard InChI is InChI=1S/C25H28N4O4S/c30-21(10-9-20-28-24(32)22-18-7-2-8-19(18)34-25(22)29-20)26-13-15-4-1-5-16(12-15)23(31)27-14-17-6-3-11-33-17/h1,4-5,12,17H,2-3,6-11,13-14H2,(H,26,30)(H,27,31)(H,28,29,32). The number of hydrogen-bond donors (Lipinski definition) is 3. The number of H-pyrrole nitrogens is 1. The summed E-state index contributed by atoms with van der Waals surface area (Å²) in [7, 11) is 0. The number of aryl methyl sites for hydroxylation is 3. The largest absolute Gasteiger partial charge is 0.376 e. The summed E-state index contributed by atoms with van der Waals surface area (Å²) in [6, 6.07) is 7.23. The number of ether oxygens (including phenoxy) is 1. The Kier molecular flexibility index (Phi) is 6.73. The summed E-state index contributed by atoms with van der Waals surface area (Å²) in [6.07, 6.45) is 5.75. The highest BCUT2D eigenvalue weighted by Gasteiger charge is 2.21. The highest BCUT2D eigenvalue weighted by molar-refractivity contribution is 7.18. The van der Waals surface area contributed by atoms with Gasteiger partial charge in [-0.1, -0.05) is 12.1 Å². The van der Waals surface area contributed by atoms with E-state index in [1.807, 2.05) is 12.1 Å². The number of aromatic nitrogens is 2. The van der Waals surface area contributed by atoms with Crippen LogP contribution in [0.1, 0.15) is 57.9 Å². The zero-order valence-corrected chi connectivity index (χ0v) is 19.8. The molecule has 1 saturated heterocycles. The van der Waals surface area contributed by atoms with Crippen LogP contribution in [-0.2, 0) is 35.3 Å².